The highest BCUT2D eigenvalue weighted by atomic mass is 16.2. The fourth-order valence-electron chi connectivity index (χ4n) is 3.56. The van der Waals surface area contributed by atoms with Crippen molar-refractivity contribution >= 4 is 17.8 Å². The van der Waals surface area contributed by atoms with Gasteiger partial charge in [-0.15, -0.1) is 0 Å². The largest absolute Gasteiger partial charge is 0.333 e. The number of hydrogen-bond acceptors (Lipinski definition) is 3. The molecule has 1 aliphatic rings. The van der Waals surface area contributed by atoms with Crippen LogP contribution in [-0.4, -0.2) is 39.4 Å². The van der Waals surface area contributed by atoms with Crippen LogP contribution in [-0.2, 0) is 9.59 Å². The number of nitrogens with zero attached hydrogens (tertiary/aromatic N) is 3. The van der Waals surface area contributed by atoms with Gasteiger partial charge in [-0.3, -0.25) is 19.5 Å². The summed E-state index contributed by atoms with van der Waals surface area (Å²) in [6.45, 7) is 6.59. The lowest BCUT2D eigenvalue weighted by Crippen LogP contribution is -2.39. The number of amides is 2. The van der Waals surface area contributed by atoms with Crippen LogP contribution in [0.25, 0.3) is 16.9 Å². The summed E-state index contributed by atoms with van der Waals surface area (Å²) in [6.07, 6.45) is 3.78. The summed E-state index contributed by atoms with van der Waals surface area (Å²) in [5.74, 6) is 0.364. The normalized spacial score (nSPS) is 13.1. The van der Waals surface area contributed by atoms with Crippen molar-refractivity contribution in [2.24, 2.45) is 5.92 Å². The fraction of sp³-hybridized carbons (Fsp3) is 0.320. The van der Waals surface area contributed by atoms with E-state index in [-0.39, 0.29) is 24.3 Å². The van der Waals surface area contributed by atoms with E-state index in [1.54, 1.807) is 4.90 Å². The maximum absolute atomic E-state index is 12.8. The van der Waals surface area contributed by atoms with Gasteiger partial charge in [0, 0.05) is 29.9 Å². The Balaban J connectivity index is 1.63. The van der Waals surface area contributed by atoms with Crippen molar-refractivity contribution in [3.05, 3.63) is 65.9 Å². The predicted octanol–water partition coefficient (Wildman–Crippen LogP) is 4.35. The van der Waals surface area contributed by atoms with Crippen molar-refractivity contribution in [3.8, 4) is 16.9 Å². The van der Waals surface area contributed by atoms with E-state index >= 15 is 0 Å². The van der Waals surface area contributed by atoms with E-state index in [0.29, 0.717) is 12.5 Å². The molecule has 31 heavy (non-hydrogen) atoms. The van der Waals surface area contributed by atoms with Crippen molar-refractivity contribution in [3.63, 3.8) is 0 Å². The van der Waals surface area contributed by atoms with Gasteiger partial charge in [0.05, 0.1) is 12.2 Å². The number of imidazole rings is 1. The lowest BCUT2D eigenvalue weighted by atomic mass is 10.1. The van der Waals surface area contributed by atoms with Crippen molar-refractivity contribution in [1.29, 1.82) is 0 Å². The number of hydrogen-bond donors (Lipinski definition) is 1. The second-order valence-electron chi connectivity index (χ2n) is 8.13. The zero-order chi connectivity index (χ0) is 22.0. The monoisotopic (exact) mass is 416 g/mol. The number of benzene rings is 2. The predicted molar refractivity (Wildman–Crippen MR) is 122 cm³/mol. The van der Waals surface area contributed by atoms with Gasteiger partial charge >= 0.3 is 0 Å². The molecule has 1 fully saturated rings. The number of carbonyl (C=O) groups excluding carboxylic acids is 2. The Bertz CT molecular complexity index is 1100. The molecular formula is C25H28N4O2. The van der Waals surface area contributed by atoms with E-state index < -0.39 is 0 Å². The molecular weight excluding hydrogens is 388 g/mol. The van der Waals surface area contributed by atoms with Gasteiger partial charge in [-0.2, -0.15) is 0 Å². The number of carbonyl (C=O) groups is 2. The maximum atomic E-state index is 12.8. The van der Waals surface area contributed by atoms with Gasteiger partial charge in [0.2, 0.25) is 17.8 Å². The molecule has 0 saturated heterocycles. The Kier molecular flexibility index (Phi) is 5.89. The molecule has 3 aromatic rings. The highest BCUT2D eigenvalue weighted by molar-refractivity contribution is 5.94. The van der Waals surface area contributed by atoms with Gasteiger partial charge in [-0.05, 0) is 56.9 Å². The van der Waals surface area contributed by atoms with Gasteiger partial charge in [-0.25, -0.2) is 4.98 Å². The quantitative estimate of drug-likeness (QED) is 0.623. The van der Waals surface area contributed by atoms with Crippen LogP contribution in [0.3, 0.4) is 0 Å². The number of anilines is 1. The van der Waals surface area contributed by atoms with E-state index in [9.17, 15) is 9.59 Å². The SMILES string of the molecule is CCN(CC(=O)Nc1nc(-c2ccccc2)cn1-c1ccc(C)c(C)c1)C(=O)C1CC1. The molecule has 0 atom stereocenters. The number of aromatic nitrogens is 2. The first-order chi connectivity index (χ1) is 15.0. The van der Waals surface area contributed by atoms with E-state index in [2.05, 4.69) is 31.3 Å². The molecule has 1 saturated carbocycles. The molecule has 4 rings (SSSR count). The maximum Gasteiger partial charge on any atom is 0.246 e. The van der Waals surface area contributed by atoms with Crippen molar-refractivity contribution in [1.82, 2.24) is 14.5 Å². The van der Waals surface area contributed by atoms with Gasteiger partial charge in [-0.1, -0.05) is 36.4 Å². The van der Waals surface area contributed by atoms with Crippen LogP contribution in [0.1, 0.15) is 30.9 Å². The molecule has 0 unspecified atom stereocenters. The summed E-state index contributed by atoms with van der Waals surface area (Å²) in [4.78, 5) is 31.5. The zero-order valence-electron chi connectivity index (χ0n) is 18.3. The van der Waals surface area contributed by atoms with Crippen molar-refractivity contribution < 1.29 is 9.59 Å². The summed E-state index contributed by atoms with van der Waals surface area (Å²) in [5, 5.41) is 2.93. The van der Waals surface area contributed by atoms with Crippen LogP contribution in [0, 0.1) is 19.8 Å². The Morgan fingerprint density at radius 2 is 1.84 bits per heavy atom. The topological polar surface area (TPSA) is 67.2 Å². The molecule has 2 amide bonds. The fourth-order valence-corrected chi connectivity index (χ4v) is 3.56. The van der Waals surface area contributed by atoms with Gasteiger partial charge in [0.25, 0.3) is 0 Å². The molecule has 0 bridgehead atoms. The minimum Gasteiger partial charge on any atom is -0.333 e. The smallest absolute Gasteiger partial charge is 0.246 e. The van der Waals surface area contributed by atoms with Crippen LogP contribution >= 0.6 is 0 Å². The summed E-state index contributed by atoms with van der Waals surface area (Å²) >= 11 is 0. The summed E-state index contributed by atoms with van der Waals surface area (Å²) in [7, 11) is 0. The third kappa shape index (κ3) is 4.68. The third-order valence-corrected chi connectivity index (χ3v) is 5.75. The second-order valence-corrected chi connectivity index (χ2v) is 8.13. The number of likely N-dealkylation sites (N-methyl/N-ethyl adjacent to an activating group) is 1. The number of aryl methyl sites for hydroxylation is 2. The molecule has 0 spiro atoms. The zero-order valence-corrected chi connectivity index (χ0v) is 18.3. The molecule has 6 heteroatoms. The minimum absolute atomic E-state index is 0.0340. The summed E-state index contributed by atoms with van der Waals surface area (Å²) < 4.78 is 1.89. The van der Waals surface area contributed by atoms with Gasteiger partial charge < -0.3 is 4.90 Å². The molecule has 1 aliphatic carbocycles. The molecule has 1 aromatic heterocycles. The average Bonchev–Trinajstić information content (AvgIpc) is 3.55. The van der Waals surface area contributed by atoms with E-state index in [1.807, 2.05) is 54.1 Å². The highest BCUT2D eigenvalue weighted by Gasteiger charge is 2.33. The molecule has 2 aromatic carbocycles. The number of nitrogens with one attached hydrogen (secondary N) is 1. The standard InChI is InChI=1S/C25H28N4O2/c1-4-28(24(31)20-11-12-20)16-23(30)27-25-26-22(19-8-6-5-7-9-19)15-29(25)21-13-10-17(2)18(3)14-21/h5-10,13-15,20H,4,11-12,16H2,1-3H3,(H,26,27,30). The van der Waals surface area contributed by atoms with Crippen LogP contribution in [0.15, 0.2) is 54.7 Å². The molecule has 1 N–H and O–H groups in total. The third-order valence-electron chi connectivity index (χ3n) is 5.75. The van der Waals surface area contributed by atoms with E-state index in [1.165, 1.54) is 5.56 Å². The molecule has 0 radical (unpaired) electrons. The Hall–Kier alpha value is -3.41. The van der Waals surface area contributed by atoms with Crippen molar-refractivity contribution in [2.75, 3.05) is 18.4 Å². The summed E-state index contributed by atoms with van der Waals surface area (Å²) in [6, 6.07) is 16.0. The molecule has 1 heterocycles. The van der Waals surface area contributed by atoms with Gasteiger partial charge in [0.15, 0.2) is 0 Å². The second kappa shape index (κ2) is 8.76. The first-order valence-corrected chi connectivity index (χ1v) is 10.8. The van der Waals surface area contributed by atoms with Crippen LogP contribution < -0.4 is 5.32 Å². The highest BCUT2D eigenvalue weighted by Crippen LogP contribution is 2.31. The molecule has 6 nitrogen and oxygen atoms in total. The lowest BCUT2D eigenvalue weighted by Gasteiger charge is -2.20. The Morgan fingerprint density at radius 3 is 2.48 bits per heavy atom. The molecule has 160 valence electrons. The number of rotatable bonds is 7. The first kappa shape index (κ1) is 20.8. The summed E-state index contributed by atoms with van der Waals surface area (Å²) in [5.41, 5.74) is 5.04. The van der Waals surface area contributed by atoms with Gasteiger partial charge in [0.1, 0.15) is 0 Å². The average molecular weight is 417 g/mol. The van der Waals surface area contributed by atoms with E-state index in [0.717, 1.165) is 35.3 Å². The first-order valence-electron chi connectivity index (χ1n) is 10.8. The Labute approximate surface area is 182 Å². The van der Waals surface area contributed by atoms with Crippen LogP contribution in [0.5, 0.6) is 0 Å². The minimum atomic E-state index is -0.244. The Morgan fingerprint density at radius 1 is 1.10 bits per heavy atom. The molecule has 0 aliphatic heterocycles. The van der Waals surface area contributed by atoms with Crippen LogP contribution in [0.2, 0.25) is 0 Å². The van der Waals surface area contributed by atoms with Crippen LogP contribution in [0.4, 0.5) is 5.95 Å². The van der Waals surface area contributed by atoms with E-state index in [4.69, 9.17) is 4.98 Å². The lowest BCUT2D eigenvalue weighted by molar-refractivity contribution is -0.135. The van der Waals surface area contributed by atoms with Crippen molar-refractivity contribution in [2.45, 2.75) is 33.6 Å².